The Kier molecular flexibility index (Phi) is 15.1. The summed E-state index contributed by atoms with van der Waals surface area (Å²) in [4.78, 5) is 6.68. The second-order valence-electron chi connectivity index (χ2n) is 6.35. The van der Waals surface area contributed by atoms with Gasteiger partial charge in [-0.25, -0.2) is 0 Å². The van der Waals surface area contributed by atoms with Crippen molar-refractivity contribution in [1.82, 2.24) is 10.2 Å². The first-order valence-corrected chi connectivity index (χ1v) is 8.81. The van der Waals surface area contributed by atoms with Crippen LogP contribution in [0.2, 0.25) is 0 Å². The fraction of sp³-hybridized carbons (Fsp3) is 0.941. The predicted molar refractivity (Wildman–Crippen MR) is 109 cm³/mol. The maximum atomic E-state index is 5.90. The second kappa shape index (κ2) is 15.2. The number of hydrogen-bond donors (Lipinski definition) is 1. The van der Waals surface area contributed by atoms with Crippen molar-refractivity contribution in [3.05, 3.63) is 0 Å². The van der Waals surface area contributed by atoms with Crippen LogP contribution in [-0.4, -0.2) is 77.2 Å². The van der Waals surface area contributed by atoms with Gasteiger partial charge >= 0.3 is 0 Å². The van der Waals surface area contributed by atoms with Crippen LogP contribution < -0.4 is 5.32 Å². The van der Waals surface area contributed by atoms with Crippen molar-refractivity contribution in [2.24, 2.45) is 10.9 Å². The molecule has 1 N–H and O–H groups in total. The summed E-state index contributed by atoms with van der Waals surface area (Å²) in [5.74, 6) is 1.55. The lowest BCUT2D eigenvalue weighted by atomic mass is 10.1. The van der Waals surface area contributed by atoms with Crippen LogP contribution in [0.15, 0.2) is 4.99 Å². The zero-order chi connectivity index (χ0) is 16.9. The molecule has 1 rings (SSSR count). The van der Waals surface area contributed by atoms with Gasteiger partial charge < -0.3 is 24.4 Å². The van der Waals surface area contributed by atoms with E-state index in [9.17, 15) is 0 Å². The molecule has 0 aliphatic carbocycles. The van der Waals surface area contributed by atoms with Crippen LogP contribution in [-0.2, 0) is 14.2 Å². The molecule has 6 nitrogen and oxygen atoms in total. The van der Waals surface area contributed by atoms with Crippen LogP contribution in [0.1, 0.15) is 33.1 Å². The third-order valence-corrected chi connectivity index (χ3v) is 3.78. The Labute approximate surface area is 164 Å². The second-order valence-corrected chi connectivity index (χ2v) is 6.35. The Morgan fingerprint density at radius 3 is 2.50 bits per heavy atom. The van der Waals surface area contributed by atoms with Crippen LogP contribution in [0.4, 0.5) is 0 Å². The van der Waals surface area contributed by atoms with Crippen molar-refractivity contribution < 1.29 is 14.2 Å². The molecule has 0 aromatic heterocycles. The number of rotatable bonds is 10. The summed E-state index contributed by atoms with van der Waals surface area (Å²) >= 11 is 0. The molecule has 1 aliphatic rings. The maximum Gasteiger partial charge on any atom is 0.193 e. The lowest BCUT2D eigenvalue weighted by Crippen LogP contribution is -2.47. The van der Waals surface area contributed by atoms with Crippen molar-refractivity contribution >= 4 is 29.9 Å². The number of likely N-dealkylation sites (tertiary alicyclic amines) is 1. The predicted octanol–water partition coefficient (Wildman–Crippen LogP) is 2.37. The van der Waals surface area contributed by atoms with E-state index in [4.69, 9.17) is 14.2 Å². The fourth-order valence-electron chi connectivity index (χ4n) is 2.57. The molecule has 0 unspecified atom stereocenters. The highest BCUT2D eigenvalue weighted by molar-refractivity contribution is 14.0. The topological polar surface area (TPSA) is 55.3 Å². The Balaban J connectivity index is 0.00000529. The van der Waals surface area contributed by atoms with E-state index in [0.29, 0.717) is 12.0 Å². The van der Waals surface area contributed by atoms with E-state index >= 15 is 0 Å². The fourth-order valence-corrected chi connectivity index (χ4v) is 2.57. The van der Waals surface area contributed by atoms with E-state index in [1.807, 2.05) is 7.05 Å². The number of nitrogens with one attached hydrogen (secondary N) is 1. The molecule has 0 atom stereocenters. The maximum absolute atomic E-state index is 5.90. The highest BCUT2D eigenvalue weighted by atomic mass is 127. The molecule has 24 heavy (non-hydrogen) atoms. The quantitative estimate of drug-likeness (QED) is 0.236. The van der Waals surface area contributed by atoms with Gasteiger partial charge in [0.2, 0.25) is 0 Å². The van der Waals surface area contributed by atoms with Gasteiger partial charge in [0.05, 0.1) is 12.7 Å². The number of aliphatic imine (C=N–C) groups is 1. The van der Waals surface area contributed by atoms with Crippen molar-refractivity contribution in [3.8, 4) is 0 Å². The molecule has 144 valence electrons. The SMILES string of the molecule is CN=C(NCCOCC(C)C)N1CCC(OCCCOC)CC1.I. The summed E-state index contributed by atoms with van der Waals surface area (Å²) in [6.45, 7) is 10.2. The molecule has 0 aromatic carbocycles. The minimum atomic E-state index is 0. The average Bonchev–Trinajstić information content (AvgIpc) is 2.55. The van der Waals surface area contributed by atoms with E-state index in [2.05, 4.69) is 29.1 Å². The summed E-state index contributed by atoms with van der Waals surface area (Å²) < 4.78 is 16.5. The van der Waals surface area contributed by atoms with Crippen LogP contribution >= 0.6 is 24.0 Å². The molecular weight excluding hydrogens is 421 g/mol. The van der Waals surface area contributed by atoms with Gasteiger partial charge in [0.1, 0.15) is 0 Å². The number of piperidine rings is 1. The molecule has 0 bridgehead atoms. The van der Waals surface area contributed by atoms with Gasteiger partial charge in [-0.05, 0) is 25.2 Å². The lowest BCUT2D eigenvalue weighted by molar-refractivity contribution is 0.00983. The van der Waals surface area contributed by atoms with Crippen LogP contribution in [0.5, 0.6) is 0 Å². The zero-order valence-electron chi connectivity index (χ0n) is 15.8. The number of nitrogens with zero attached hydrogens (tertiary/aromatic N) is 2. The van der Waals surface area contributed by atoms with Gasteiger partial charge in [-0.15, -0.1) is 24.0 Å². The Morgan fingerprint density at radius 2 is 1.92 bits per heavy atom. The number of hydrogen-bond acceptors (Lipinski definition) is 4. The number of guanidine groups is 1. The Bertz CT molecular complexity index is 322. The monoisotopic (exact) mass is 457 g/mol. The summed E-state index contributed by atoms with van der Waals surface area (Å²) in [6, 6.07) is 0. The summed E-state index contributed by atoms with van der Waals surface area (Å²) in [5.41, 5.74) is 0. The van der Waals surface area contributed by atoms with Gasteiger partial charge in [0, 0.05) is 53.6 Å². The van der Waals surface area contributed by atoms with E-state index in [1.54, 1.807) is 7.11 Å². The van der Waals surface area contributed by atoms with E-state index < -0.39 is 0 Å². The van der Waals surface area contributed by atoms with E-state index in [0.717, 1.165) is 71.3 Å². The Morgan fingerprint density at radius 1 is 1.21 bits per heavy atom. The van der Waals surface area contributed by atoms with E-state index in [-0.39, 0.29) is 24.0 Å². The van der Waals surface area contributed by atoms with Crippen molar-refractivity contribution in [2.45, 2.75) is 39.2 Å². The largest absolute Gasteiger partial charge is 0.385 e. The summed E-state index contributed by atoms with van der Waals surface area (Å²) in [5, 5.41) is 3.38. The van der Waals surface area contributed by atoms with Gasteiger partial charge in [-0.3, -0.25) is 4.99 Å². The lowest BCUT2D eigenvalue weighted by Gasteiger charge is -2.34. The third-order valence-electron chi connectivity index (χ3n) is 3.78. The molecule has 1 aliphatic heterocycles. The molecule has 7 heteroatoms. The molecular formula is C17H36IN3O3. The molecule has 0 spiro atoms. The molecule has 0 amide bonds. The smallest absolute Gasteiger partial charge is 0.193 e. The van der Waals surface area contributed by atoms with Gasteiger partial charge in [0.15, 0.2) is 5.96 Å². The van der Waals surface area contributed by atoms with Crippen molar-refractivity contribution in [2.75, 3.05) is 60.2 Å². The summed E-state index contributed by atoms with van der Waals surface area (Å²) in [7, 11) is 3.57. The van der Waals surface area contributed by atoms with Gasteiger partial charge in [-0.1, -0.05) is 13.8 Å². The molecule has 0 aromatic rings. The first-order chi connectivity index (χ1) is 11.2. The Hall–Kier alpha value is -0.120. The normalized spacial score (nSPS) is 16.4. The standard InChI is InChI=1S/C17H35N3O3.HI/c1-15(2)14-22-13-8-19-17(18-3)20-9-6-16(7-10-20)23-12-5-11-21-4;/h15-16H,5-14H2,1-4H3,(H,18,19);1H. The van der Waals surface area contributed by atoms with Crippen molar-refractivity contribution in [1.29, 1.82) is 0 Å². The first-order valence-electron chi connectivity index (χ1n) is 8.81. The van der Waals surface area contributed by atoms with Crippen LogP contribution in [0.3, 0.4) is 0 Å². The first kappa shape index (κ1) is 23.9. The molecule has 0 saturated carbocycles. The van der Waals surface area contributed by atoms with Crippen LogP contribution in [0, 0.1) is 5.92 Å². The van der Waals surface area contributed by atoms with Gasteiger partial charge in [-0.2, -0.15) is 0 Å². The number of halogens is 1. The molecule has 1 fully saturated rings. The van der Waals surface area contributed by atoms with Crippen molar-refractivity contribution in [3.63, 3.8) is 0 Å². The zero-order valence-corrected chi connectivity index (χ0v) is 18.1. The third kappa shape index (κ3) is 10.7. The van der Waals surface area contributed by atoms with Gasteiger partial charge in [0.25, 0.3) is 0 Å². The molecule has 1 heterocycles. The summed E-state index contributed by atoms with van der Waals surface area (Å²) in [6.07, 6.45) is 3.45. The minimum Gasteiger partial charge on any atom is -0.385 e. The highest BCUT2D eigenvalue weighted by Crippen LogP contribution is 2.14. The number of ether oxygens (including phenoxy) is 3. The molecule has 0 radical (unpaired) electrons. The average molecular weight is 457 g/mol. The highest BCUT2D eigenvalue weighted by Gasteiger charge is 2.21. The van der Waals surface area contributed by atoms with E-state index in [1.165, 1.54) is 0 Å². The van der Waals surface area contributed by atoms with Crippen LogP contribution in [0.25, 0.3) is 0 Å². The molecule has 1 saturated heterocycles. The number of methoxy groups -OCH3 is 1. The minimum absolute atomic E-state index is 0.